The second-order valence-electron chi connectivity index (χ2n) is 3.44. The topological polar surface area (TPSA) is 35.2 Å². The number of hydrogen-bond donors (Lipinski definition) is 1. The first-order valence-corrected chi connectivity index (χ1v) is 6.31. The Kier molecular flexibility index (Phi) is 5.09. The van der Waals surface area contributed by atoms with Crippen LogP contribution < -0.4 is 5.73 Å². The molecule has 0 radical (unpaired) electrons. The molecular weight excluding hydrogens is 262 g/mol. The van der Waals surface area contributed by atoms with Gasteiger partial charge in [-0.25, -0.2) is 0 Å². The van der Waals surface area contributed by atoms with Gasteiger partial charge < -0.3 is 10.5 Å². The lowest BCUT2D eigenvalue weighted by Gasteiger charge is -2.15. The van der Waals surface area contributed by atoms with Gasteiger partial charge in [-0.1, -0.05) is 0 Å². The molecule has 1 aromatic rings. The minimum absolute atomic E-state index is 0.180. The first kappa shape index (κ1) is 12.2. The number of rotatable bonds is 5. The summed E-state index contributed by atoms with van der Waals surface area (Å²) in [6.45, 7) is 2.04. The van der Waals surface area contributed by atoms with Crippen LogP contribution in [0.4, 0.5) is 0 Å². The van der Waals surface area contributed by atoms with Gasteiger partial charge in [0.15, 0.2) is 0 Å². The molecule has 80 valence electrons. The standard InChI is InChI=1S/C10H16BrNOS/c1-7(13-2)5-8(12)6-10-9(11)3-4-14-10/h3-4,7-8H,5-6,12H2,1-2H3. The van der Waals surface area contributed by atoms with Crippen molar-refractivity contribution in [3.05, 3.63) is 20.8 Å². The van der Waals surface area contributed by atoms with E-state index < -0.39 is 0 Å². The molecule has 0 amide bonds. The first-order valence-electron chi connectivity index (χ1n) is 4.63. The monoisotopic (exact) mass is 277 g/mol. The molecule has 2 nitrogen and oxygen atoms in total. The molecule has 0 saturated carbocycles. The van der Waals surface area contributed by atoms with Crippen LogP contribution in [0.5, 0.6) is 0 Å². The highest BCUT2D eigenvalue weighted by Gasteiger charge is 2.11. The lowest BCUT2D eigenvalue weighted by Crippen LogP contribution is -2.27. The average Bonchev–Trinajstić information content (AvgIpc) is 2.51. The van der Waals surface area contributed by atoms with Crippen molar-refractivity contribution in [1.82, 2.24) is 0 Å². The molecule has 0 aromatic carbocycles. The second kappa shape index (κ2) is 5.85. The van der Waals surface area contributed by atoms with E-state index in [-0.39, 0.29) is 12.1 Å². The Balaban J connectivity index is 2.41. The maximum Gasteiger partial charge on any atom is 0.0558 e. The molecule has 1 heterocycles. The Morgan fingerprint density at radius 3 is 2.86 bits per heavy atom. The summed E-state index contributed by atoms with van der Waals surface area (Å²) in [5.74, 6) is 0. The van der Waals surface area contributed by atoms with Crippen molar-refractivity contribution in [3.8, 4) is 0 Å². The van der Waals surface area contributed by atoms with Crippen LogP contribution in [0.25, 0.3) is 0 Å². The van der Waals surface area contributed by atoms with Crippen LogP contribution in [0.2, 0.25) is 0 Å². The number of halogens is 1. The predicted octanol–water partition coefficient (Wildman–Crippen LogP) is 2.81. The Labute approximate surface area is 97.6 Å². The van der Waals surface area contributed by atoms with Crippen LogP contribution in [0.1, 0.15) is 18.2 Å². The zero-order valence-electron chi connectivity index (χ0n) is 8.50. The number of hydrogen-bond acceptors (Lipinski definition) is 3. The predicted molar refractivity (Wildman–Crippen MR) is 64.8 cm³/mol. The Morgan fingerprint density at radius 1 is 1.64 bits per heavy atom. The van der Waals surface area contributed by atoms with Crippen molar-refractivity contribution in [2.45, 2.75) is 31.9 Å². The highest BCUT2D eigenvalue weighted by Crippen LogP contribution is 2.24. The quantitative estimate of drug-likeness (QED) is 0.899. The summed E-state index contributed by atoms with van der Waals surface area (Å²) in [6.07, 6.45) is 2.07. The summed E-state index contributed by atoms with van der Waals surface area (Å²) < 4.78 is 6.35. The van der Waals surface area contributed by atoms with Gasteiger partial charge in [0, 0.05) is 22.5 Å². The molecule has 2 atom stereocenters. The van der Waals surface area contributed by atoms with E-state index in [1.807, 2.05) is 6.92 Å². The van der Waals surface area contributed by atoms with E-state index in [4.69, 9.17) is 10.5 Å². The smallest absolute Gasteiger partial charge is 0.0558 e. The van der Waals surface area contributed by atoms with Gasteiger partial charge in [0.2, 0.25) is 0 Å². The number of nitrogens with two attached hydrogens (primary N) is 1. The van der Waals surface area contributed by atoms with Gasteiger partial charge in [0.1, 0.15) is 0 Å². The molecule has 4 heteroatoms. The first-order chi connectivity index (χ1) is 6.63. The van der Waals surface area contributed by atoms with Crippen molar-refractivity contribution in [3.63, 3.8) is 0 Å². The second-order valence-corrected chi connectivity index (χ2v) is 5.29. The molecule has 0 bridgehead atoms. The fourth-order valence-electron chi connectivity index (χ4n) is 1.31. The summed E-state index contributed by atoms with van der Waals surface area (Å²) in [7, 11) is 1.72. The van der Waals surface area contributed by atoms with Crippen molar-refractivity contribution in [1.29, 1.82) is 0 Å². The van der Waals surface area contributed by atoms with E-state index in [1.54, 1.807) is 18.4 Å². The van der Waals surface area contributed by atoms with E-state index in [9.17, 15) is 0 Å². The minimum atomic E-state index is 0.180. The third kappa shape index (κ3) is 3.69. The normalized spacial score (nSPS) is 15.4. The number of thiophene rings is 1. The summed E-state index contributed by atoms with van der Waals surface area (Å²) in [6, 6.07) is 2.24. The summed E-state index contributed by atoms with van der Waals surface area (Å²) >= 11 is 5.25. The molecule has 14 heavy (non-hydrogen) atoms. The fourth-order valence-corrected chi connectivity index (χ4v) is 2.92. The third-order valence-corrected chi connectivity index (χ3v) is 4.12. The third-order valence-electron chi connectivity index (χ3n) is 2.18. The molecular formula is C10H16BrNOS. The maximum absolute atomic E-state index is 6.02. The molecule has 0 saturated heterocycles. The molecule has 0 aliphatic rings. The van der Waals surface area contributed by atoms with Gasteiger partial charge in [-0.3, -0.25) is 0 Å². The van der Waals surface area contributed by atoms with Crippen molar-refractivity contribution < 1.29 is 4.74 Å². The van der Waals surface area contributed by atoms with Crippen molar-refractivity contribution >= 4 is 27.3 Å². The lowest BCUT2D eigenvalue weighted by molar-refractivity contribution is 0.105. The van der Waals surface area contributed by atoms with Gasteiger partial charge in [-0.05, 0) is 47.1 Å². The highest BCUT2D eigenvalue weighted by atomic mass is 79.9. The van der Waals surface area contributed by atoms with Gasteiger partial charge in [0.25, 0.3) is 0 Å². The molecule has 1 rings (SSSR count). The van der Waals surface area contributed by atoms with Crippen LogP contribution in [-0.4, -0.2) is 19.3 Å². The molecule has 0 aliphatic heterocycles. The van der Waals surface area contributed by atoms with Gasteiger partial charge in [0.05, 0.1) is 6.10 Å². The Hall–Kier alpha value is 0.100. The zero-order valence-corrected chi connectivity index (χ0v) is 10.9. The molecule has 0 aliphatic carbocycles. The van der Waals surface area contributed by atoms with E-state index in [0.717, 1.165) is 12.8 Å². The molecule has 1 aromatic heterocycles. The number of methoxy groups -OCH3 is 1. The van der Waals surface area contributed by atoms with Crippen LogP contribution in [0, 0.1) is 0 Å². The van der Waals surface area contributed by atoms with E-state index in [2.05, 4.69) is 27.4 Å². The minimum Gasteiger partial charge on any atom is -0.382 e. The van der Waals surface area contributed by atoms with Gasteiger partial charge in [-0.2, -0.15) is 0 Å². The number of ether oxygens (including phenoxy) is 1. The lowest BCUT2D eigenvalue weighted by atomic mass is 10.1. The SMILES string of the molecule is COC(C)CC(N)Cc1sccc1Br. The molecule has 2 unspecified atom stereocenters. The molecule has 0 fully saturated rings. The molecule has 0 spiro atoms. The average molecular weight is 278 g/mol. The van der Waals surface area contributed by atoms with Gasteiger partial charge >= 0.3 is 0 Å². The highest BCUT2D eigenvalue weighted by molar-refractivity contribution is 9.10. The summed E-state index contributed by atoms with van der Waals surface area (Å²) in [5, 5.41) is 2.08. The van der Waals surface area contributed by atoms with E-state index in [0.29, 0.717) is 0 Å². The van der Waals surface area contributed by atoms with Crippen molar-refractivity contribution in [2.75, 3.05) is 7.11 Å². The van der Waals surface area contributed by atoms with Crippen LogP contribution in [0.3, 0.4) is 0 Å². The zero-order chi connectivity index (χ0) is 10.6. The van der Waals surface area contributed by atoms with E-state index >= 15 is 0 Å². The van der Waals surface area contributed by atoms with Crippen LogP contribution in [0.15, 0.2) is 15.9 Å². The van der Waals surface area contributed by atoms with Crippen LogP contribution >= 0.6 is 27.3 Å². The fraction of sp³-hybridized carbons (Fsp3) is 0.600. The van der Waals surface area contributed by atoms with E-state index in [1.165, 1.54) is 9.35 Å². The maximum atomic E-state index is 6.02. The van der Waals surface area contributed by atoms with Crippen LogP contribution in [-0.2, 0) is 11.2 Å². The van der Waals surface area contributed by atoms with Gasteiger partial charge in [-0.15, -0.1) is 11.3 Å². The van der Waals surface area contributed by atoms with Crippen molar-refractivity contribution in [2.24, 2.45) is 5.73 Å². The molecule has 2 N–H and O–H groups in total. The Bertz CT molecular complexity index is 277. The Morgan fingerprint density at radius 2 is 2.36 bits per heavy atom. The summed E-state index contributed by atoms with van der Waals surface area (Å²) in [4.78, 5) is 1.32. The largest absolute Gasteiger partial charge is 0.382 e. The summed E-state index contributed by atoms with van der Waals surface area (Å²) in [5.41, 5.74) is 6.02.